The highest BCUT2D eigenvalue weighted by Gasteiger charge is 2.02. The van der Waals surface area contributed by atoms with Crippen LogP contribution in [0.5, 0.6) is 11.5 Å². The minimum Gasteiger partial charge on any atom is -0.456 e. The summed E-state index contributed by atoms with van der Waals surface area (Å²) in [5.41, 5.74) is 0. The fraction of sp³-hybridized carbons (Fsp3) is 0. The molecule has 2 aromatic carbocycles. The van der Waals surface area contributed by atoms with Crippen LogP contribution in [0.1, 0.15) is 0 Å². The molecular formula is C12H8I2O. The fourth-order valence-corrected chi connectivity index (χ4v) is 2.08. The number of halogens is 2. The van der Waals surface area contributed by atoms with E-state index < -0.39 is 0 Å². The molecule has 3 heteroatoms. The Kier molecular flexibility index (Phi) is 3.85. The Morgan fingerprint density at radius 3 is 2.33 bits per heavy atom. The van der Waals surface area contributed by atoms with Crippen molar-refractivity contribution in [2.45, 2.75) is 0 Å². The van der Waals surface area contributed by atoms with Gasteiger partial charge in [-0.1, -0.05) is 18.2 Å². The summed E-state index contributed by atoms with van der Waals surface area (Å²) in [7, 11) is 0. The molecule has 0 amide bonds. The van der Waals surface area contributed by atoms with Crippen molar-refractivity contribution in [3.8, 4) is 11.5 Å². The SMILES string of the molecule is Ic1ccc(I)c(Oc2ccccc2)c1. The van der Waals surface area contributed by atoms with Gasteiger partial charge in [0.1, 0.15) is 11.5 Å². The van der Waals surface area contributed by atoms with Gasteiger partial charge in [0.2, 0.25) is 0 Å². The first-order valence-electron chi connectivity index (χ1n) is 4.43. The first-order valence-corrected chi connectivity index (χ1v) is 6.59. The van der Waals surface area contributed by atoms with Crippen molar-refractivity contribution in [2.24, 2.45) is 0 Å². The molecule has 0 bridgehead atoms. The zero-order chi connectivity index (χ0) is 10.7. The lowest BCUT2D eigenvalue weighted by molar-refractivity contribution is 0.479. The maximum Gasteiger partial charge on any atom is 0.141 e. The van der Waals surface area contributed by atoms with Gasteiger partial charge in [-0.15, -0.1) is 0 Å². The van der Waals surface area contributed by atoms with Crippen LogP contribution in [0.2, 0.25) is 0 Å². The van der Waals surface area contributed by atoms with Gasteiger partial charge >= 0.3 is 0 Å². The fourth-order valence-electron chi connectivity index (χ4n) is 1.17. The van der Waals surface area contributed by atoms with E-state index in [1.165, 1.54) is 3.57 Å². The lowest BCUT2D eigenvalue weighted by atomic mass is 10.3. The molecule has 0 saturated carbocycles. The van der Waals surface area contributed by atoms with Crippen molar-refractivity contribution in [3.05, 3.63) is 55.7 Å². The molecule has 0 N–H and O–H groups in total. The summed E-state index contributed by atoms with van der Waals surface area (Å²) in [6.07, 6.45) is 0. The summed E-state index contributed by atoms with van der Waals surface area (Å²) in [6, 6.07) is 16.0. The van der Waals surface area contributed by atoms with Gasteiger partial charge in [0, 0.05) is 3.57 Å². The quantitative estimate of drug-likeness (QED) is 0.639. The molecule has 2 rings (SSSR count). The number of hydrogen-bond donors (Lipinski definition) is 0. The largest absolute Gasteiger partial charge is 0.456 e. The molecule has 0 aromatic heterocycles. The van der Waals surface area contributed by atoms with Crippen molar-refractivity contribution in [1.29, 1.82) is 0 Å². The van der Waals surface area contributed by atoms with Crippen LogP contribution in [0.4, 0.5) is 0 Å². The van der Waals surface area contributed by atoms with Crippen LogP contribution in [-0.4, -0.2) is 0 Å². The average molecular weight is 422 g/mol. The standard InChI is InChI=1S/C12H8I2O/c13-9-6-7-11(14)12(8-9)15-10-4-2-1-3-5-10/h1-8H. The third kappa shape index (κ3) is 3.07. The zero-order valence-electron chi connectivity index (χ0n) is 7.78. The third-order valence-electron chi connectivity index (χ3n) is 1.86. The zero-order valence-corrected chi connectivity index (χ0v) is 12.1. The van der Waals surface area contributed by atoms with Crippen LogP contribution < -0.4 is 4.74 Å². The normalized spacial score (nSPS) is 10.0. The van der Waals surface area contributed by atoms with Gasteiger partial charge in [0.05, 0.1) is 3.57 Å². The molecular weight excluding hydrogens is 414 g/mol. The molecule has 0 aliphatic carbocycles. The van der Waals surface area contributed by atoms with Gasteiger partial charge in [-0.2, -0.15) is 0 Å². The lowest BCUT2D eigenvalue weighted by Gasteiger charge is -2.07. The Morgan fingerprint density at radius 2 is 1.60 bits per heavy atom. The minimum atomic E-state index is 0.873. The highest BCUT2D eigenvalue weighted by Crippen LogP contribution is 2.27. The highest BCUT2D eigenvalue weighted by atomic mass is 127. The van der Waals surface area contributed by atoms with Gasteiger partial charge in [0.15, 0.2) is 0 Å². The summed E-state index contributed by atoms with van der Waals surface area (Å²) in [6.45, 7) is 0. The molecule has 0 heterocycles. The van der Waals surface area contributed by atoms with Gasteiger partial charge in [-0.05, 0) is 75.5 Å². The first-order chi connectivity index (χ1) is 7.25. The molecule has 0 radical (unpaired) electrons. The molecule has 1 nitrogen and oxygen atoms in total. The number of hydrogen-bond acceptors (Lipinski definition) is 1. The molecule has 0 spiro atoms. The second-order valence-corrected chi connectivity index (χ2v) is 5.40. The lowest BCUT2D eigenvalue weighted by Crippen LogP contribution is -1.87. The van der Waals surface area contributed by atoms with E-state index >= 15 is 0 Å². The third-order valence-corrected chi connectivity index (χ3v) is 3.43. The van der Waals surface area contributed by atoms with Gasteiger partial charge in [-0.3, -0.25) is 0 Å². The van der Waals surface area contributed by atoms with E-state index in [2.05, 4.69) is 57.3 Å². The Bertz CT molecular complexity index is 454. The molecule has 0 aliphatic rings. The van der Waals surface area contributed by atoms with Crippen LogP contribution in [0.3, 0.4) is 0 Å². The van der Waals surface area contributed by atoms with E-state index in [0.29, 0.717) is 0 Å². The predicted molar refractivity (Wildman–Crippen MR) is 78.4 cm³/mol. The molecule has 76 valence electrons. The van der Waals surface area contributed by atoms with Crippen molar-refractivity contribution in [2.75, 3.05) is 0 Å². The van der Waals surface area contributed by atoms with Crippen LogP contribution >= 0.6 is 45.2 Å². The molecule has 2 aromatic rings. The maximum atomic E-state index is 5.78. The molecule has 0 aliphatic heterocycles. The summed E-state index contributed by atoms with van der Waals surface area (Å²) < 4.78 is 8.08. The van der Waals surface area contributed by atoms with Crippen molar-refractivity contribution in [3.63, 3.8) is 0 Å². The Morgan fingerprint density at radius 1 is 0.867 bits per heavy atom. The first kappa shape index (κ1) is 11.2. The summed E-state index contributed by atoms with van der Waals surface area (Å²) in [5, 5.41) is 0. The highest BCUT2D eigenvalue weighted by molar-refractivity contribution is 14.1. The van der Waals surface area contributed by atoms with Gasteiger partial charge in [-0.25, -0.2) is 0 Å². The van der Waals surface area contributed by atoms with Crippen LogP contribution in [0.15, 0.2) is 48.5 Å². The van der Waals surface area contributed by atoms with E-state index in [1.807, 2.05) is 36.4 Å². The minimum absolute atomic E-state index is 0.873. The van der Waals surface area contributed by atoms with E-state index in [9.17, 15) is 0 Å². The van der Waals surface area contributed by atoms with Gasteiger partial charge in [0.25, 0.3) is 0 Å². The smallest absolute Gasteiger partial charge is 0.141 e. The maximum absolute atomic E-state index is 5.78. The number of rotatable bonds is 2. The van der Waals surface area contributed by atoms with E-state index in [0.717, 1.165) is 15.1 Å². The monoisotopic (exact) mass is 422 g/mol. The van der Waals surface area contributed by atoms with Crippen molar-refractivity contribution in [1.82, 2.24) is 0 Å². The second kappa shape index (κ2) is 5.16. The Balaban J connectivity index is 2.28. The summed E-state index contributed by atoms with van der Waals surface area (Å²) in [4.78, 5) is 0. The average Bonchev–Trinajstić information content (AvgIpc) is 2.25. The number of benzene rings is 2. The topological polar surface area (TPSA) is 9.23 Å². The van der Waals surface area contributed by atoms with Crippen LogP contribution in [0, 0.1) is 7.14 Å². The van der Waals surface area contributed by atoms with E-state index in [4.69, 9.17) is 4.74 Å². The van der Waals surface area contributed by atoms with Crippen LogP contribution in [-0.2, 0) is 0 Å². The van der Waals surface area contributed by atoms with Gasteiger partial charge < -0.3 is 4.74 Å². The number of para-hydroxylation sites is 1. The molecule has 15 heavy (non-hydrogen) atoms. The van der Waals surface area contributed by atoms with E-state index in [-0.39, 0.29) is 0 Å². The summed E-state index contributed by atoms with van der Waals surface area (Å²) in [5.74, 6) is 1.78. The Labute approximate surface area is 116 Å². The molecule has 0 unspecified atom stereocenters. The van der Waals surface area contributed by atoms with Crippen molar-refractivity contribution < 1.29 is 4.74 Å². The van der Waals surface area contributed by atoms with E-state index in [1.54, 1.807) is 0 Å². The summed E-state index contributed by atoms with van der Waals surface area (Å²) >= 11 is 4.56. The molecule has 0 atom stereocenters. The Hall–Kier alpha value is -0.300. The second-order valence-electron chi connectivity index (χ2n) is 2.99. The molecule has 0 saturated heterocycles. The van der Waals surface area contributed by atoms with Crippen LogP contribution in [0.25, 0.3) is 0 Å². The number of ether oxygens (including phenoxy) is 1. The molecule has 0 fully saturated rings. The van der Waals surface area contributed by atoms with Crippen molar-refractivity contribution >= 4 is 45.2 Å². The predicted octanol–water partition coefficient (Wildman–Crippen LogP) is 4.69.